The minimum atomic E-state index is 0.306. The molecule has 2 nitrogen and oxygen atoms in total. The van der Waals surface area contributed by atoms with Crippen LogP contribution < -0.4 is 0 Å². The summed E-state index contributed by atoms with van der Waals surface area (Å²) < 4.78 is 4.79. The molecule has 0 aromatic heterocycles. The summed E-state index contributed by atoms with van der Waals surface area (Å²) >= 11 is 0. The molecule has 1 fully saturated rings. The third kappa shape index (κ3) is 1.42. The van der Waals surface area contributed by atoms with Crippen LogP contribution in [0.5, 0.6) is 0 Å². The van der Waals surface area contributed by atoms with Gasteiger partial charge in [0.1, 0.15) is 10.5 Å². The van der Waals surface area contributed by atoms with Gasteiger partial charge in [-0.1, -0.05) is 0 Å². The molecule has 1 rings (SSSR count). The average molecular weight is 130 g/mol. The van der Waals surface area contributed by atoms with Crippen LogP contribution >= 0.6 is 0 Å². The Labute approximate surface area is 51.8 Å². The molecule has 0 spiro atoms. The lowest BCUT2D eigenvalue weighted by Gasteiger charge is -1.92. The number of ketones is 1. The van der Waals surface area contributed by atoms with Crippen molar-refractivity contribution in [2.75, 3.05) is 6.61 Å². The topological polar surface area (TPSA) is 26.3 Å². The number of carbonyl (C=O) groups excluding carboxylic acids is 1. The maximum Gasteiger partial charge on any atom is 0.160 e. The van der Waals surface area contributed by atoms with E-state index in [4.69, 9.17) is 4.43 Å². The number of carbonyl (C=O) groups is 1. The van der Waals surface area contributed by atoms with Crippen molar-refractivity contribution in [2.24, 2.45) is 5.92 Å². The monoisotopic (exact) mass is 130 g/mol. The smallest absolute Gasteiger partial charge is 0.160 e. The van der Waals surface area contributed by atoms with E-state index in [9.17, 15) is 4.79 Å². The summed E-state index contributed by atoms with van der Waals surface area (Å²) in [6.07, 6.45) is 2.20. The van der Waals surface area contributed by atoms with Gasteiger partial charge in [-0.3, -0.25) is 4.79 Å². The molecule has 0 heterocycles. The standard InChI is InChI=1S/C5H10O2Si/c6-5(3-7-8)4-1-2-4/h4H,1-3H2,8H3. The van der Waals surface area contributed by atoms with Gasteiger partial charge in [0, 0.05) is 5.92 Å². The summed E-state index contributed by atoms with van der Waals surface area (Å²) in [6.45, 7) is 0.372. The van der Waals surface area contributed by atoms with E-state index in [-0.39, 0.29) is 0 Å². The Balaban J connectivity index is 2.13. The van der Waals surface area contributed by atoms with Gasteiger partial charge in [-0.15, -0.1) is 0 Å². The van der Waals surface area contributed by atoms with E-state index in [1.807, 2.05) is 0 Å². The van der Waals surface area contributed by atoms with Gasteiger partial charge in [-0.2, -0.15) is 0 Å². The summed E-state index contributed by atoms with van der Waals surface area (Å²) in [7, 11) is 0.690. The number of hydrogen-bond donors (Lipinski definition) is 0. The van der Waals surface area contributed by atoms with Crippen LogP contribution in [-0.4, -0.2) is 22.9 Å². The molecule has 46 valence electrons. The first-order valence-corrected chi connectivity index (χ1v) is 3.68. The lowest BCUT2D eigenvalue weighted by atomic mass is 10.3. The van der Waals surface area contributed by atoms with Crippen LogP contribution in [0.25, 0.3) is 0 Å². The third-order valence-electron chi connectivity index (χ3n) is 1.32. The van der Waals surface area contributed by atoms with E-state index in [0.29, 0.717) is 28.8 Å². The Bertz CT molecular complexity index is 98.6. The van der Waals surface area contributed by atoms with Crippen LogP contribution in [0.2, 0.25) is 0 Å². The van der Waals surface area contributed by atoms with Gasteiger partial charge in [0.25, 0.3) is 0 Å². The number of hydrogen-bond acceptors (Lipinski definition) is 2. The summed E-state index contributed by atoms with van der Waals surface area (Å²) in [5, 5.41) is 0. The molecule has 0 saturated heterocycles. The van der Waals surface area contributed by atoms with Crippen LogP contribution in [0.4, 0.5) is 0 Å². The molecule has 0 N–H and O–H groups in total. The van der Waals surface area contributed by atoms with Gasteiger partial charge in [-0.05, 0) is 12.8 Å². The minimum absolute atomic E-state index is 0.306. The van der Waals surface area contributed by atoms with Crippen LogP contribution in [-0.2, 0) is 9.22 Å². The normalized spacial score (nSPS) is 19.0. The van der Waals surface area contributed by atoms with Crippen LogP contribution in [0.1, 0.15) is 12.8 Å². The summed E-state index contributed by atoms with van der Waals surface area (Å²) in [6, 6.07) is 0. The molecule has 0 atom stereocenters. The van der Waals surface area contributed by atoms with Gasteiger partial charge in [0.15, 0.2) is 5.78 Å². The van der Waals surface area contributed by atoms with Crippen molar-refractivity contribution in [1.82, 2.24) is 0 Å². The van der Waals surface area contributed by atoms with E-state index in [0.717, 1.165) is 12.8 Å². The maximum atomic E-state index is 10.7. The van der Waals surface area contributed by atoms with Crippen molar-refractivity contribution < 1.29 is 9.22 Å². The molecular weight excluding hydrogens is 120 g/mol. The fraction of sp³-hybridized carbons (Fsp3) is 0.800. The Morgan fingerprint density at radius 2 is 2.38 bits per heavy atom. The molecule has 0 amide bonds. The molecule has 0 aromatic carbocycles. The van der Waals surface area contributed by atoms with Gasteiger partial charge >= 0.3 is 0 Å². The summed E-state index contributed by atoms with van der Waals surface area (Å²) in [5.41, 5.74) is 0. The molecule has 8 heavy (non-hydrogen) atoms. The van der Waals surface area contributed by atoms with E-state index in [1.165, 1.54) is 0 Å². The van der Waals surface area contributed by atoms with Crippen LogP contribution in [0, 0.1) is 5.92 Å². The molecule has 1 aliphatic carbocycles. The first kappa shape index (κ1) is 5.97. The average Bonchev–Trinajstić information content (AvgIpc) is 2.45. The van der Waals surface area contributed by atoms with Crippen molar-refractivity contribution >= 4 is 16.3 Å². The predicted octanol–water partition coefficient (Wildman–Crippen LogP) is -0.738. The molecule has 0 radical (unpaired) electrons. The molecule has 1 aliphatic rings. The molecule has 0 aromatic rings. The molecule has 3 heteroatoms. The quantitative estimate of drug-likeness (QED) is 0.470. The summed E-state index contributed by atoms with van der Waals surface area (Å²) in [5.74, 6) is 0.684. The lowest BCUT2D eigenvalue weighted by molar-refractivity contribution is -0.122. The molecule has 1 saturated carbocycles. The fourth-order valence-corrected chi connectivity index (χ4v) is 0.950. The zero-order valence-electron chi connectivity index (χ0n) is 5.02. The van der Waals surface area contributed by atoms with Gasteiger partial charge in [-0.25, -0.2) is 0 Å². The van der Waals surface area contributed by atoms with E-state index >= 15 is 0 Å². The molecule has 0 bridgehead atoms. The van der Waals surface area contributed by atoms with Crippen molar-refractivity contribution in [3.05, 3.63) is 0 Å². The second-order valence-electron chi connectivity index (χ2n) is 2.17. The SMILES string of the molecule is O=C(CO[SiH3])C1CC1. The highest BCUT2D eigenvalue weighted by atomic mass is 28.2. The molecular formula is C5H10O2Si. The van der Waals surface area contributed by atoms with E-state index in [2.05, 4.69) is 0 Å². The Morgan fingerprint density at radius 3 is 2.75 bits per heavy atom. The molecule has 0 unspecified atom stereocenters. The fourth-order valence-electron chi connectivity index (χ4n) is 0.665. The minimum Gasteiger partial charge on any atom is -0.421 e. The first-order valence-electron chi connectivity index (χ1n) is 2.86. The highest BCUT2D eigenvalue weighted by Crippen LogP contribution is 2.29. The summed E-state index contributed by atoms with van der Waals surface area (Å²) in [4.78, 5) is 10.7. The van der Waals surface area contributed by atoms with E-state index < -0.39 is 0 Å². The van der Waals surface area contributed by atoms with Crippen LogP contribution in [0.3, 0.4) is 0 Å². The third-order valence-corrected chi connectivity index (χ3v) is 1.61. The highest BCUT2D eigenvalue weighted by Gasteiger charge is 2.28. The maximum absolute atomic E-state index is 10.7. The van der Waals surface area contributed by atoms with Gasteiger partial charge < -0.3 is 4.43 Å². The first-order chi connectivity index (χ1) is 3.84. The number of rotatable bonds is 3. The Hall–Kier alpha value is -0.153. The lowest BCUT2D eigenvalue weighted by Crippen LogP contribution is -2.08. The largest absolute Gasteiger partial charge is 0.421 e. The van der Waals surface area contributed by atoms with Crippen molar-refractivity contribution in [3.63, 3.8) is 0 Å². The number of Topliss-reactive ketones (excluding diaryl/α,β-unsaturated/α-hetero) is 1. The zero-order chi connectivity index (χ0) is 5.98. The van der Waals surface area contributed by atoms with Crippen LogP contribution in [0.15, 0.2) is 0 Å². The molecule has 0 aliphatic heterocycles. The second kappa shape index (κ2) is 2.41. The van der Waals surface area contributed by atoms with Crippen molar-refractivity contribution in [3.8, 4) is 0 Å². The van der Waals surface area contributed by atoms with Gasteiger partial charge in [0.2, 0.25) is 0 Å². The Kier molecular flexibility index (Phi) is 1.80. The Morgan fingerprint density at radius 1 is 1.75 bits per heavy atom. The van der Waals surface area contributed by atoms with E-state index in [1.54, 1.807) is 0 Å². The zero-order valence-corrected chi connectivity index (χ0v) is 7.02. The second-order valence-corrected chi connectivity index (χ2v) is 2.75. The van der Waals surface area contributed by atoms with Crippen molar-refractivity contribution in [1.29, 1.82) is 0 Å². The predicted molar refractivity (Wildman–Crippen MR) is 33.6 cm³/mol. The van der Waals surface area contributed by atoms with Crippen molar-refractivity contribution in [2.45, 2.75) is 12.8 Å². The van der Waals surface area contributed by atoms with Gasteiger partial charge in [0.05, 0.1) is 6.61 Å². The highest BCUT2D eigenvalue weighted by molar-refractivity contribution is 5.99.